The van der Waals surface area contributed by atoms with Crippen molar-refractivity contribution in [2.75, 3.05) is 20.2 Å². The van der Waals surface area contributed by atoms with Gasteiger partial charge in [0.1, 0.15) is 16.1 Å². The molecule has 0 atom stereocenters. The van der Waals surface area contributed by atoms with Gasteiger partial charge in [-0.3, -0.25) is 4.90 Å². The van der Waals surface area contributed by atoms with Gasteiger partial charge in [-0.05, 0) is 0 Å². The molecule has 1 fully saturated rings. The number of methoxy groups -OCH3 is 1. The van der Waals surface area contributed by atoms with Crippen molar-refractivity contribution in [1.29, 1.82) is 0 Å². The van der Waals surface area contributed by atoms with Crippen molar-refractivity contribution in [3.05, 3.63) is 22.2 Å². The molecule has 0 amide bonds. The van der Waals surface area contributed by atoms with Gasteiger partial charge >= 0.3 is 0 Å². The van der Waals surface area contributed by atoms with Crippen LogP contribution < -0.4 is 0 Å². The summed E-state index contributed by atoms with van der Waals surface area (Å²) in [5.41, 5.74) is 0. The number of hydrogen-bond acceptors (Lipinski definition) is 4. The molecule has 1 aromatic rings. The van der Waals surface area contributed by atoms with Gasteiger partial charge in [0.25, 0.3) is 0 Å². The van der Waals surface area contributed by atoms with E-state index >= 15 is 0 Å². The van der Waals surface area contributed by atoms with Gasteiger partial charge in [0.05, 0.1) is 12.6 Å². The van der Waals surface area contributed by atoms with Gasteiger partial charge in [0, 0.05) is 26.3 Å². The second kappa shape index (κ2) is 4.61. The lowest BCUT2D eigenvalue weighted by molar-refractivity contribution is -0.0344. The van der Waals surface area contributed by atoms with Gasteiger partial charge in [0.15, 0.2) is 0 Å². The molecule has 1 saturated heterocycles. The normalized spacial score (nSPS) is 17.8. The van der Waals surface area contributed by atoms with Crippen molar-refractivity contribution in [1.82, 2.24) is 14.9 Å². The zero-order chi connectivity index (χ0) is 10.8. The van der Waals surface area contributed by atoms with Crippen LogP contribution in [0.2, 0.25) is 10.3 Å². The lowest BCUT2D eigenvalue weighted by Gasteiger charge is -2.37. The van der Waals surface area contributed by atoms with Crippen molar-refractivity contribution < 1.29 is 4.74 Å². The Kier molecular flexibility index (Phi) is 3.41. The minimum Gasteiger partial charge on any atom is -0.379 e. The first-order chi connectivity index (χ1) is 7.17. The Morgan fingerprint density at radius 3 is 2.53 bits per heavy atom. The molecule has 1 aromatic heterocycles. The Bertz CT molecular complexity index is 335. The number of likely N-dealkylation sites (tertiary alicyclic amines) is 1. The van der Waals surface area contributed by atoms with Crippen LogP contribution in [0.1, 0.15) is 5.82 Å². The lowest BCUT2D eigenvalue weighted by atomic mass is 10.2. The van der Waals surface area contributed by atoms with E-state index in [1.54, 1.807) is 7.11 Å². The Hall–Kier alpha value is -0.420. The molecule has 0 spiro atoms. The Labute approximate surface area is 98.2 Å². The minimum absolute atomic E-state index is 0.333. The van der Waals surface area contributed by atoms with Crippen molar-refractivity contribution in [3.8, 4) is 0 Å². The minimum atomic E-state index is 0.333. The molecule has 0 aliphatic carbocycles. The summed E-state index contributed by atoms with van der Waals surface area (Å²) < 4.78 is 5.17. The summed E-state index contributed by atoms with van der Waals surface area (Å²) in [7, 11) is 1.72. The maximum atomic E-state index is 5.77. The molecule has 0 unspecified atom stereocenters. The molecule has 2 rings (SSSR count). The molecule has 0 saturated carbocycles. The van der Waals surface area contributed by atoms with Gasteiger partial charge in [-0.2, -0.15) is 0 Å². The van der Waals surface area contributed by atoms with E-state index in [-0.39, 0.29) is 0 Å². The number of ether oxygens (including phenoxy) is 1. The molecule has 82 valence electrons. The fourth-order valence-corrected chi connectivity index (χ4v) is 1.96. The molecule has 6 heteroatoms. The molecular formula is C9H11Cl2N3O. The van der Waals surface area contributed by atoms with Crippen LogP contribution >= 0.6 is 23.2 Å². The molecule has 0 aromatic carbocycles. The highest BCUT2D eigenvalue weighted by atomic mass is 35.5. The first-order valence-electron chi connectivity index (χ1n) is 4.61. The number of aromatic nitrogens is 2. The molecule has 15 heavy (non-hydrogen) atoms. The van der Waals surface area contributed by atoms with Crippen molar-refractivity contribution >= 4 is 23.2 Å². The number of halogens is 2. The molecule has 0 N–H and O–H groups in total. The van der Waals surface area contributed by atoms with Gasteiger partial charge in [-0.1, -0.05) is 23.2 Å². The molecule has 4 nitrogen and oxygen atoms in total. The van der Waals surface area contributed by atoms with Gasteiger partial charge in [-0.25, -0.2) is 9.97 Å². The topological polar surface area (TPSA) is 38.2 Å². The van der Waals surface area contributed by atoms with Crippen LogP contribution in [0.15, 0.2) is 6.07 Å². The number of nitrogens with zero attached hydrogens (tertiary/aromatic N) is 3. The standard InChI is InChI=1S/C9H11Cl2N3O/c1-15-6-3-14(4-6)5-9-12-7(10)2-8(11)13-9/h2,6H,3-5H2,1H3. The highest BCUT2D eigenvalue weighted by Gasteiger charge is 2.26. The van der Waals surface area contributed by atoms with Crippen LogP contribution in [-0.2, 0) is 11.3 Å². The van der Waals surface area contributed by atoms with Crippen molar-refractivity contribution in [2.45, 2.75) is 12.6 Å². The molecule has 1 aliphatic rings. The summed E-state index contributed by atoms with van der Waals surface area (Å²) in [6.45, 7) is 2.48. The van der Waals surface area contributed by atoms with Crippen LogP contribution in [0.5, 0.6) is 0 Å². The smallest absolute Gasteiger partial charge is 0.145 e. The first-order valence-corrected chi connectivity index (χ1v) is 5.37. The fraction of sp³-hybridized carbons (Fsp3) is 0.556. The van der Waals surface area contributed by atoms with Gasteiger partial charge < -0.3 is 4.74 Å². The van der Waals surface area contributed by atoms with E-state index < -0.39 is 0 Å². The van der Waals surface area contributed by atoms with E-state index in [1.165, 1.54) is 6.07 Å². The van der Waals surface area contributed by atoms with Crippen molar-refractivity contribution in [2.24, 2.45) is 0 Å². The molecular weight excluding hydrogens is 237 g/mol. The van der Waals surface area contributed by atoms with E-state index in [0.717, 1.165) is 13.1 Å². The highest BCUT2D eigenvalue weighted by molar-refractivity contribution is 6.33. The highest BCUT2D eigenvalue weighted by Crippen LogP contribution is 2.16. The zero-order valence-electron chi connectivity index (χ0n) is 8.28. The maximum Gasteiger partial charge on any atom is 0.145 e. The fourth-order valence-electron chi connectivity index (χ4n) is 1.51. The zero-order valence-corrected chi connectivity index (χ0v) is 9.79. The largest absolute Gasteiger partial charge is 0.379 e. The molecule has 1 aliphatic heterocycles. The van der Waals surface area contributed by atoms with E-state index in [0.29, 0.717) is 28.8 Å². The van der Waals surface area contributed by atoms with Gasteiger partial charge in [-0.15, -0.1) is 0 Å². The van der Waals surface area contributed by atoms with Crippen LogP contribution in [0.3, 0.4) is 0 Å². The second-order valence-electron chi connectivity index (χ2n) is 3.48. The summed E-state index contributed by atoms with van der Waals surface area (Å²) in [5.74, 6) is 0.655. The summed E-state index contributed by atoms with van der Waals surface area (Å²) >= 11 is 11.5. The molecule has 0 bridgehead atoms. The van der Waals surface area contributed by atoms with E-state index in [4.69, 9.17) is 27.9 Å². The average Bonchev–Trinajstić information content (AvgIpc) is 2.08. The van der Waals surface area contributed by atoms with Crippen LogP contribution in [0.25, 0.3) is 0 Å². The third kappa shape index (κ3) is 2.78. The Morgan fingerprint density at radius 2 is 2.00 bits per heavy atom. The predicted octanol–water partition coefficient (Wildman–Crippen LogP) is 1.61. The summed E-state index contributed by atoms with van der Waals surface area (Å²) in [6.07, 6.45) is 0.333. The number of rotatable bonds is 3. The van der Waals surface area contributed by atoms with Crippen LogP contribution in [0, 0.1) is 0 Å². The maximum absolute atomic E-state index is 5.77. The summed E-state index contributed by atoms with van der Waals surface area (Å²) in [5, 5.41) is 0.766. The molecule has 0 radical (unpaired) electrons. The van der Waals surface area contributed by atoms with Gasteiger partial charge in [0.2, 0.25) is 0 Å². The third-order valence-corrected chi connectivity index (χ3v) is 2.72. The Balaban J connectivity index is 1.94. The Morgan fingerprint density at radius 1 is 1.40 bits per heavy atom. The monoisotopic (exact) mass is 247 g/mol. The van der Waals surface area contributed by atoms with E-state index in [9.17, 15) is 0 Å². The quantitative estimate of drug-likeness (QED) is 0.762. The summed E-state index contributed by atoms with van der Waals surface area (Å²) in [4.78, 5) is 10.4. The average molecular weight is 248 g/mol. The predicted molar refractivity (Wildman–Crippen MR) is 58.1 cm³/mol. The third-order valence-electron chi connectivity index (χ3n) is 2.33. The second-order valence-corrected chi connectivity index (χ2v) is 4.26. The van der Waals surface area contributed by atoms with Crippen LogP contribution in [-0.4, -0.2) is 41.2 Å². The number of hydrogen-bond donors (Lipinski definition) is 0. The van der Waals surface area contributed by atoms with Crippen LogP contribution in [0.4, 0.5) is 0 Å². The van der Waals surface area contributed by atoms with Crippen molar-refractivity contribution in [3.63, 3.8) is 0 Å². The van der Waals surface area contributed by atoms with E-state index in [2.05, 4.69) is 14.9 Å². The SMILES string of the molecule is COC1CN(Cc2nc(Cl)cc(Cl)n2)C1. The first kappa shape index (κ1) is 11.1. The summed E-state index contributed by atoms with van der Waals surface area (Å²) in [6, 6.07) is 1.53. The van der Waals surface area contributed by atoms with E-state index in [1.807, 2.05) is 0 Å². The molecule has 2 heterocycles. The lowest BCUT2D eigenvalue weighted by Crippen LogP contribution is -2.51.